The molecule has 1 aromatic heterocycles. The molecule has 0 aliphatic rings. The summed E-state index contributed by atoms with van der Waals surface area (Å²) in [7, 11) is 0. The van der Waals surface area contributed by atoms with Crippen molar-refractivity contribution >= 4 is 17.0 Å². The molecular weight excluding hydrogens is 286 g/mol. The number of nitrogens with one attached hydrogen (secondary N) is 1. The maximum atomic E-state index is 11.1. The molecule has 0 bridgehead atoms. The summed E-state index contributed by atoms with van der Waals surface area (Å²) in [4.78, 5) is 16.4. The highest BCUT2D eigenvalue weighted by molar-refractivity contribution is 7.11. The fourth-order valence-electron chi connectivity index (χ4n) is 2.46. The summed E-state index contributed by atoms with van der Waals surface area (Å²) in [5, 5.41) is 15.6. The molecule has 0 fully saturated rings. The lowest BCUT2D eigenvalue weighted by Gasteiger charge is -2.17. The molecule has 0 saturated carbocycles. The van der Waals surface area contributed by atoms with Gasteiger partial charge in [-0.15, -0.1) is 11.3 Å². The van der Waals surface area contributed by atoms with E-state index in [0.717, 1.165) is 27.7 Å². The van der Waals surface area contributed by atoms with Crippen LogP contribution >= 0.6 is 11.3 Å². The van der Waals surface area contributed by atoms with Gasteiger partial charge in [-0.2, -0.15) is 0 Å². The summed E-state index contributed by atoms with van der Waals surface area (Å²) in [6.45, 7) is 6.81. The quantitative estimate of drug-likeness (QED) is 0.654. The van der Waals surface area contributed by atoms with Gasteiger partial charge in [-0.3, -0.25) is 10.1 Å². The van der Waals surface area contributed by atoms with E-state index >= 15 is 0 Å². The van der Waals surface area contributed by atoms with Gasteiger partial charge in [-0.05, 0) is 26.8 Å². The Kier molecular flexibility index (Phi) is 5.03. The molecule has 2 aromatic rings. The van der Waals surface area contributed by atoms with Gasteiger partial charge in [0.2, 0.25) is 0 Å². The van der Waals surface area contributed by atoms with Crippen LogP contribution in [0.3, 0.4) is 0 Å². The Morgan fingerprint density at radius 3 is 2.67 bits per heavy atom. The van der Waals surface area contributed by atoms with Crippen LogP contribution in [0.25, 0.3) is 0 Å². The van der Waals surface area contributed by atoms with Crippen molar-refractivity contribution in [3.05, 3.63) is 55.5 Å². The molecule has 6 heteroatoms. The first-order valence-electron chi connectivity index (χ1n) is 6.92. The number of likely N-dealkylation sites (N-methyl/N-ethyl adjacent to an activating group) is 1. The van der Waals surface area contributed by atoms with Crippen molar-refractivity contribution in [2.45, 2.75) is 33.2 Å². The third-order valence-electron chi connectivity index (χ3n) is 3.32. The van der Waals surface area contributed by atoms with Crippen LogP contribution in [0.5, 0.6) is 0 Å². The van der Waals surface area contributed by atoms with Gasteiger partial charge in [-0.1, -0.05) is 25.1 Å². The molecule has 0 amide bonds. The van der Waals surface area contributed by atoms with Crippen LogP contribution in [0.4, 0.5) is 5.69 Å². The van der Waals surface area contributed by atoms with Crippen LogP contribution in [0.15, 0.2) is 24.3 Å². The number of benzene rings is 1. The number of nitrogens with zero attached hydrogens (tertiary/aromatic N) is 2. The van der Waals surface area contributed by atoms with Crippen molar-refractivity contribution in [2.24, 2.45) is 0 Å². The molecule has 1 heterocycles. The van der Waals surface area contributed by atoms with E-state index in [-0.39, 0.29) is 16.7 Å². The molecular formula is C15H19N3O2S. The summed E-state index contributed by atoms with van der Waals surface area (Å²) in [6.07, 6.45) is 0.591. The van der Waals surface area contributed by atoms with E-state index in [2.05, 4.69) is 10.3 Å². The smallest absolute Gasteiger partial charge is 0.272 e. The van der Waals surface area contributed by atoms with Gasteiger partial charge < -0.3 is 5.32 Å². The van der Waals surface area contributed by atoms with Crippen LogP contribution < -0.4 is 5.32 Å². The van der Waals surface area contributed by atoms with Gasteiger partial charge in [-0.25, -0.2) is 4.98 Å². The summed E-state index contributed by atoms with van der Waals surface area (Å²) < 4.78 is 0. The third-order valence-corrected chi connectivity index (χ3v) is 4.51. The predicted molar refractivity (Wildman–Crippen MR) is 84.8 cm³/mol. The molecule has 0 aliphatic carbocycles. The Hall–Kier alpha value is -1.79. The second-order valence-electron chi connectivity index (χ2n) is 4.88. The van der Waals surface area contributed by atoms with Gasteiger partial charge in [0.05, 0.1) is 15.6 Å². The summed E-state index contributed by atoms with van der Waals surface area (Å²) in [6, 6.07) is 6.99. The minimum absolute atomic E-state index is 0.0577. The number of hydrogen-bond acceptors (Lipinski definition) is 5. The lowest BCUT2D eigenvalue weighted by molar-refractivity contribution is -0.385. The van der Waals surface area contributed by atoms with E-state index in [1.165, 1.54) is 0 Å². The van der Waals surface area contributed by atoms with E-state index in [1.54, 1.807) is 23.5 Å². The Morgan fingerprint density at radius 1 is 1.38 bits per heavy atom. The number of thiazole rings is 1. The van der Waals surface area contributed by atoms with Crippen LogP contribution in [0, 0.1) is 24.0 Å². The SMILES string of the molecule is CCNC(Cc1ccccc1[N+](=O)[O-])c1sc(C)nc1C. The molecule has 0 spiro atoms. The van der Waals surface area contributed by atoms with Crippen LogP contribution in [-0.4, -0.2) is 16.5 Å². The molecule has 1 atom stereocenters. The van der Waals surface area contributed by atoms with Gasteiger partial charge in [0.15, 0.2) is 0 Å². The largest absolute Gasteiger partial charge is 0.309 e. The van der Waals surface area contributed by atoms with Crippen LogP contribution in [-0.2, 0) is 6.42 Å². The summed E-state index contributed by atoms with van der Waals surface area (Å²) in [5.74, 6) is 0. The lowest BCUT2D eigenvalue weighted by Crippen LogP contribution is -2.23. The van der Waals surface area contributed by atoms with Crippen molar-refractivity contribution in [1.29, 1.82) is 0 Å². The number of nitro benzene ring substituents is 1. The van der Waals surface area contributed by atoms with Crippen molar-refractivity contribution in [3.63, 3.8) is 0 Å². The van der Waals surface area contributed by atoms with Crippen molar-refractivity contribution in [1.82, 2.24) is 10.3 Å². The van der Waals surface area contributed by atoms with Gasteiger partial charge in [0, 0.05) is 22.5 Å². The van der Waals surface area contributed by atoms with E-state index in [0.29, 0.717) is 6.42 Å². The lowest BCUT2D eigenvalue weighted by atomic mass is 10.0. The topological polar surface area (TPSA) is 68.1 Å². The van der Waals surface area contributed by atoms with Gasteiger partial charge >= 0.3 is 0 Å². The Labute approximate surface area is 128 Å². The zero-order valence-electron chi connectivity index (χ0n) is 12.4. The number of aromatic nitrogens is 1. The first-order valence-corrected chi connectivity index (χ1v) is 7.74. The van der Waals surface area contributed by atoms with E-state index < -0.39 is 0 Å². The number of para-hydroxylation sites is 1. The summed E-state index contributed by atoms with van der Waals surface area (Å²) in [5.41, 5.74) is 1.93. The zero-order chi connectivity index (χ0) is 15.4. The molecule has 1 aromatic carbocycles. The number of hydrogen-bond donors (Lipinski definition) is 1. The molecule has 21 heavy (non-hydrogen) atoms. The van der Waals surface area contributed by atoms with E-state index in [1.807, 2.05) is 32.9 Å². The Bertz CT molecular complexity index is 640. The van der Waals surface area contributed by atoms with Crippen LogP contribution in [0.1, 0.15) is 34.1 Å². The first kappa shape index (κ1) is 15.6. The average Bonchev–Trinajstić information content (AvgIpc) is 2.77. The zero-order valence-corrected chi connectivity index (χ0v) is 13.2. The average molecular weight is 305 g/mol. The Morgan fingerprint density at radius 2 is 2.10 bits per heavy atom. The second-order valence-corrected chi connectivity index (χ2v) is 6.12. The van der Waals surface area contributed by atoms with Crippen molar-refractivity contribution in [3.8, 4) is 0 Å². The molecule has 0 aliphatic heterocycles. The molecule has 0 radical (unpaired) electrons. The van der Waals surface area contributed by atoms with Gasteiger partial charge in [0.1, 0.15) is 0 Å². The maximum absolute atomic E-state index is 11.1. The molecule has 1 N–H and O–H groups in total. The molecule has 1 unspecified atom stereocenters. The number of aryl methyl sites for hydroxylation is 2. The fourth-order valence-corrected chi connectivity index (χ4v) is 3.46. The molecule has 2 rings (SSSR count). The first-order chi connectivity index (χ1) is 10.0. The molecule has 112 valence electrons. The third kappa shape index (κ3) is 3.65. The highest BCUT2D eigenvalue weighted by Crippen LogP contribution is 2.30. The predicted octanol–water partition coefficient (Wildman–Crippen LogP) is 3.56. The normalized spacial score (nSPS) is 12.3. The number of nitro groups is 1. The minimum Gasteiger partial charge on any atom is -0.309 e. The molecule has 0 saturated heterocycles. The van der Waals surface area contributed by atoms with Crippen molar-refractivity contribution in [2.75, 3.05) is 6.54 Å². The number of rotatable bonds is 6. The second kappa shape index (κ2) is 6.78. The Balaban J connectivity index is 2.33. The highest BCUT2D eigenvalue weighted by atomic mass is 32.1. The molecule has 5 nitrogen and oxygen atoms in total. The standard InChI is InChI=1S/C15H19N3O2S/c1-4-16-13(15-10(2)17-11(3)21-15)9-12-7-5-6-8-14(12)18(19)20/h5-8,13,16H,4,9H2,1-3H3. The summed E-state index contributed by atoms with van der Waals surface area (Å²) >= 11 is 1.65. The maximum Gasteiger partial charge on any atom is 0.272 e. The highest BCUT2D eigenvalue weighted by Gasteiger charge is 2.21. The van der Waals surface area contributed by atoms with E-state index in [9.17, 15) is 10.1 Å². The van der Waals surface area contributed by atoms with Gasteiger partial charge in [0.25, 0.3) is 5.69 Å². The van der Waals surface area contributed by atoms with Crippen molar-refractivity contribution < 1.29 is 4.92 Å². The fraction of sp³-hybridized carbons (Fsp3) is 0.400. The van der Waals surface area contributed by atoms with E-state index in [4.69, 9.17) is 0 Å². The minimum atomic E-state index is -0.316. The monoisotopic (exact) mass is 305 g/mol. The van der Waals surface area contributed by atoms with Crippen LogP contribution in [0.2, 0.25) is 0 Å².